The molecule has 0 aromatic rings. The van der Waals surface area contributed by atoms with Gasteiger partial charge in [0, 0.05) is 30.0 Å². The zero-order valence-corrected chi connectivity index (χ0v) is 38.5. The molecule has 7 unspecified atom stereocenters. The van der Waals surface area contributed by atoms with Crippen molar-refractivity contribution in [2.45, 2.75) is 193 Å². The predicted molar refractivity (Wildman–Crippen MR) is 244 cm³/mol. The van der Waals surface area contributed by atoms with Crippen LogP contribution < -0.4 is 16.0 Å². The minimum atomic E-state index is 0.391. The first kappa shape index (κ1) is 56.6. The van der Waals surface area contributed by atoms with Crippen LogP contribution in [0.4, 0.5) is 0 Å². The summed E-state index contributed by atoms with van der Waals surface area (Å²) in [6, 6.07) is 0.842. The van der Waals surface area contributed by atoms with E-state index >= 15 is 0 Å². The van der Waals surface area contributed by atoms with Crippen LogP contribution in [-0.2, 0) is 0 Å². The Morgan fingerprint density at radius 2 is 1.25 bits per heavy atom. The highest BCUT2D eigenvalue weighted by molar-refractivity contribution is 5.16. The standard InChI is InChI=1S/C18H33N.C13H23N.C7H14.C5H9N.3C2H6/c1-9-11-16(12(3)4)19-14(6)13(5)17-15(10-2)18(17,7)8;1-10(2)13(14-11(3)4)12-8-6-5-7-9-12;1-6-4-3-5-7(6)2;1-3-5-6-4-2;3*1-2/h13,15-17,19H,3,6,9-11H2,1-2,4-5,7-8H3;12-14H,1,3,5-9H2,2,4H3;6-7H,3-5H2,1-2H3;3-4,6H,1-2,5H2;3*1-2H3. The molecule has 0 amide bonds. The molecule has 3 aliphatic carbocycles. The summed E-state index contributed by atoms with van der Waals surface area (Å²) < 4.78 is 0. The number of hydrogen-bond acceptors (Lipinski definition) is 3. The maximum atomic E-state index is 4.30. The van der Waals surface area contributed by atoms with Gasteiger partial charge in [0.25, 0.3) is 0 Å². The number of hydrogen-bond donors (Lipinski definition) is 3. The minimum absolute atomic E-state index is 0.391. The van der Waals surface area contributed by atoms with Crippen LogP contribution in [0.1, 0.15) is 181 Å². The van der Waals surface area contributed by atoms with Gasteiger partial charge in [-0.1, -0.05) is 191 Å². The van der Waals surface area contributed by atoms with Gasteiger partial charge in [0.05, 0.1) is 0 Å². The first-order valence-electron chi connectivity index (χ1n) is 21.7. The summed E-state index contributed by atoms with van der Waals surface area (Å²) in [5.41, 5.74) is 5.22. The Labute approximate surface area is 330 Å². The smallest absolute Gasteiger partial charge is 0.0493 e. The predicted octanol–water partition coefficient (Wildman–Crippen LogP) is 15.2. The maximum Gasteiger partial charge on any atom is 0.0493 e. The van der Waals surface area contributed by atoms with Gasteiger partial charge in [-0.15, -0.1) is 6.58 Å². The summed E-state index contributed by atoms with van der Waals surface area (Å²) in [5.74, 6) is 5.00. The zero-order chi connectivity index (χ0) is 41.4. The van der Waals surface area contributed by atoms with Crippen molar-refractivity contribution in [1.29, 1.82) is 0 Å². The Bertz CT molecular complexity index is 905. The molecule has 3 heteroatoms. The average molecular weight is 728 g/mol. The molecular formula is C49H97N3. The third kappa shape index (κ3) is 24.2. The molecule has 3 nitrogen and oxygen atoms in total. The molecule has 3 saturated carbocycles. The van der Waals surface area contributed by atoms with Crippen molar-refractivity contribution in [2.75, 3.05) is 6.54 Å². The molecule has 308 valence electrons. The molecule has 7 atom stereocenters. The average Bonchev–Trinajstić information content (AvgIpc) is 3.51. The van der Waals surface area contributed by atoms with E-state index in [1.807, 2.05) is 48.5 Å². The van der Waals surface area contributed by atoms with Gasteiger partial charge >= 0.3 is 0 Å². The van der Waals surface area contributed by atoms with Crippen LogP contribution in [0.5, 0.6) is 0 Å². The highest BCUT2D eigenvalue weighted by atomic mass is 14.9. The topological polar surface area (TPSA) is 36.1 Å². The lowest BCUT2D eigenvalue weighted by Gasteiger charge is -2.32. The van der Waals surface area contributed by atoms with Crippen molar-refractivity contribution < 1.29 is 0 Å². The molecule has 0 aromatic carbocycles. The van der Waals surface area contributed by atoms with Gasteiger partial charge in [0.1, 0.15) is 0 Å². The van der Waals surface area contributed by atoms with E-state index < -0.39 is 0 Å². The SMILES string of the molecule is C=C(C)C(CCC)NC(=C)C(C)C1C(CC)C1(C)C.C=C(C)NC(C(=C)C)C1CCCCC1.C=CCNC=C.CC.CC.CC.CC1CCCC1C. The summed E-state index contributed by atoms with van der Waals surface area (Å²) in [4.78, 5) is 0. The molecule has 3 aliphatic rings. The molecule has 0 saturated heterocycles. The molecular weight excluding hydrogens is 631 g/mol. The third-order valence-electron chi connectivity index (χ3n) is 11.0. The Kier molecular flexibility index (Phi) is 37.6. The fraction of sp³-hybridized carbons (Fsp3) is 0.755. The fourth-order valence-corrected chi connectivity index (χ4v) is 7.74. The Morgan fingerprint density at radius 3 is 1.54 bits per heavy atom. The van der Waals surface area contributed by atoms with E-state index in [2.05, 4.69) is 118 Å². The second-order valence-electron chi connectivity index (χ2n) is 15.4. The van der Waals surface area contributed by atoms with Crippen molar-refractivity contribution in [1.82, 2.24) is 16.0 Å². The van der Waals surface area contributed by atoms with Crippen LogP contribution >= 0.6 is 0 Å². The molecule has 0 aromatic heterocycles. The summed E-state index contributed by atoms with van der Waals surface area (Å²) >= 11 is 0. The first-order valence-corrected chi connectivity index (χ1v) is 21.7. The Hall–Kier alpha value is -2.16. The number of rotatable bonds is 15. The molecule has 0 aliphatic heterocycles. The molecule has 0 spiro atoms. The minimum Gasteiger partial charge on any atom is -0.388 e. The lowest BCUT2D eigenvalue weighted by molar-refractivity contribution is 0.303. The van der Waals surface area contributed by atoms with Crippen molar-refractivity contribution >= 4 is 0 Å². The van der Waals surface area contributed by atoms with Crippen LogP contribution in [0.2, 0.25) is 0 Å². The number of nitrogens with one attached hydrogen (secondary N) is 3. The van der Waals surface area contributed by atoms with Gasteiger partial charge in [-0.05, 0) is 87.2 Å². The van der Waals surface area contributed by atoms with Gasteiger partial charge in [-0.3, -0.25) is 0 Å². The van der Waals surface area contributed by atoms with Crippen molar-refractivity contribution in [3.8, 4) is 0 Å². The Morgan fingerprint density at radius 1 is 0.750 bits per heavy atom. The van der Waals surface area contributed by atoms with Gasteiger partial charge < -0.3 is 16.0 Å². The fourth-order valence-electron chi connectivity index (χ4n) is 7.74. The van der Waals surface area contributed by atoms with Gasteiger partial charge in [0.2, 0.25) is 0 Å². The second kappa shape index (κ2) is 34.6. The molecule has 0 bridgehead atoms. The van der Waals surface area contributed by atoms with Crippen LogP contribution in [0, 0.1) is 40.9 Å². The largest absolute Gasteiger partial charge is 0.388 e. The van der Waals surface area contributed by atoms with E-state index in [9.17, 15) is 0 Å². The monoisotopic (exact) mass is 728 g/mol. The maximum absolute atomic E-state index is 4.30. The lowest BCUT2D eigenvalue weighted by atomic mass is 9.81. The molecule has 3 N–H and O–H groups in total. The van der Waals surface area contributed by atoms with E-state index in [-0.39, 0.29) is 0 Å². The normalized spacial score (nSPS) is 22.2. The van der Waals surface area contributed by atoms with Gasteiger partial charge in [-0.2, -0.15) is 0 Å². The van der Waals surface area contributed by atoms with Crippen molar-refractivity contribution in [2.24, 2.45) is 40.9 Å². The van der Waals surface area contributed by atoms with Crippen LogP contribution in [-0.4, -0.2) is 18.6 Å². The molecule has 0 heterocycles. The third-order valence-corrected chi connectivity index (χ3v) is 11.0. The molecule has 52 heavy (non-hydrogen) atoms. The van der Waals surface area contributed by atoms with Gasteiger partial charge in [-0.25, -0.2) is 0 Å². The van der Waals surface area contributed by atoms with Crippen molar-refractivity contribution in [3.63, 3.8) is 0 Å². The second-order valence-corrected chi connectivity index (χ2v) is 15.4. The number of allylic oxidation sites excluding steroid dienone is 2. The Balaban J connectivity index is -0.000000304. The van der Waals surface area contributed by atoms with E-state index in [0.29, 0.717) is 23.4 Å². The first-order chi connectivity index (χ1) is 24.6. The van der Waals surface area contributed by atoms with Crippen LogP contribution in [0.3, 0.4) is 0 Å². The van der Waals surface area contributed by atoms with Gasteiger partial charge in [0.15, 0.2) is 0 Å². The summed E-state index contributed by atoms with van der Waals surface area (Å²) in [6.45, 7) is 58.8. The lowest BCUT2D eigenvalue weighted by Crippen LogP contribution is -2.36. The van der Waals surface area contributed by atoms with Crippen LogP contribution in [0.15, 0.2) is 74.3 Å². The zero-order valence-electron chi connectivity index (χ0n) is 38.5. The van der Waals surface area contributed by atoms with E-state index in [0.717, 1.165) is 48.3 Å². The quantitative estimate of drug-likeness (QED) is 0.116. The molecule has 3 rings (SSSR count). The van der Waals surface area contributed by atoms with E-state index in [4.69, 9.17) is 0 Å². The van der Waals surface area contributed by atoms with E-state index in [1.54, 1.807) is 12.3 Å². The summed E-state index contributed by atoms with van der Waals surface area (Å²) in [6.07, 6.45) is 18.3. The van der Waals surface area contributed by atoms with Crippen molar-refractivity contribution in [3.05, 3.63) is 74.3 Å². The van der Waals surface area contributed by atoms with Crippen LogP contribution in [0.25, 0.3) is 0 Å². The highest BCUT2D eigenvalue weighted by Crippen LogP contribution is 2.64. The summed E-state index contributed by atoms with van der Waals surface area (Å²) in [5, 5.41) is 9.93. The molecule has 3 fully saturated rings. The van der Waals surface area contributed by atoms with E-state index in [1.165, 1.54) is 81.1 Å². The molecule has 0 radical (unpaired) electrons. The highest BCUT2D eigenvalue weighted by Gasteiger charge is 2.58. The summed E-state index contributed by atoms with van der Waals surface area (Å²) in [7, 11) is 0.